The molecular formula is C19H24FN7O2. The van der Waals surface area contributed by atoms with Crippen LogP contribution in [0.15, 0.2) is 30.6 Å². The zero-order valence-corrected chi connectivity index (χ0v) is 16.4. The smallest absolute Gasteiger partial charge is 0.353 e. The number of nitrogens with zero attached hydrogens (tertiary/aromatic N) is 7. The Kier molecular flexibility index (Phi) is 5.43. The zero-order chi connectivity index (χ0) is 20.4. The molecule has 0 spiro atoms. The summed E-state index contributed by atoms with van der Waals surface area (Å²) in [5.41, 5.74) is 0.513. The summed E-state index contributed by atoms with van der Waals surface area (Å²) >= 11 is 0. The first-order chi connectivity index (χ1) is 14.0. The number of hydrogen-bond acceptors (Lipinski definition) is 8. The van der Waals surface area contributed by atoms with E-state index in [9.17, 15) is 14.5 Å². The van der Waals surface area contributed by atoms with Crippen molar-refractivity contribution in [2.75, 3.05) is 74.1 Å². The van der Waals surface area contributed by atoms with Crippen molar-refractivity contribution in [3.05, 3.63) is 46.5 Å². The Hall–Kier alpha value is -3.01. The van der Waals surface area contributed by atoms with Crippen LogP contribution in [0.2, 0.25) is 0 Å². The summed E-state index contributed by atoms with van der Waals surface area (Å²) in [5.74, 6) is 0.461. The first kappa shape index (κ1) is 19.3. The van der Waals surface area contributed by atoms with Crippen LogP contribution >= 0.6 is 0 Å². The van der Waals surface area contributed by atoms with Gasteiger partial charge in [-0.3, -0.25) is 10.1 Å². The van der Waals surface area contributed by atoms with Gasteiger partial charge in [0.05, 0.1) is 10.6 Å². The van der Waals surface area contributed by atoms with Crippen molar-refractivity contribution in [3.63, 3.8) is 0 Å². The monoisotopic (exact) mass is 401 g/mol. The molecule has 3 heterocycles. The maximum atomic E-state index is 14.1. The summed E-state index contributed by atoms with van der Waals surface area (Å²) in [6, 6.07) is 6.67. The fraction of sp³-hybridized carbons (Fsp3) is 0.474. The maximum Gasteiger partial charge on any atom is 0.353 e. The van der Waals surface area contributed by atoms with E-state index in [4.69, 9.17) is 0 Å². The van der Waals surface area contributed by atoms with Crippen molar-refractivity contribution < 1.29 is 9.31 Å². The van der Waals surface area contributed by atoms with E-state index < -0.39 is 0 Å². The fourth-order valence-corrected chi connectivity index (χ4v) is 3.87. The Morgan fingerprint density at radius 1 is 0.897 bits per heavy atom. The number of nitro groups is 1. The van der Waals surface area contributed by atoms with Gasteiger partial charge in [0.1, 0.15) is 12.1 Å². The molecule has 0 N–H and O–H groups in total. The SMILES string of the molecule is CN1CCN(c2ncnc(N3CCN(c4ccccc4F)CC3)c2[N+](=O)[O-])CC1. The Balaban J connectivity index is 1.55. The molecule has 154 valence electrons. The van der Waals surface area contributed by atoms with E-state index in [1.54, 1.807) is 12.1 Å². The van der Waals surface area contributed by atoms with Crippen molar-refractivity contribution in [2.45, 2.75) is 0 Å². The third-order valence-electron chi connectivity index (χ3n) is 5.54. The third kappa shape index (κ3) is 3.93. The number of piperazine rings is 2. The van der Waals surface area contributed by atoms with E-state index in [1.807, 2.05) is 27.8 Å². The molecule has 1 aromatic heterocycles. The van der Waals surface area contributed by atoms with Crippen molar-refractivity contribution in [2.24, 2.45) is 0 Å². The number of anilines is 3. The van der Waals surface area contributed by atoms with Gasteiger partial charge < -0.3 is 19.6 Å². The summed E-state index contributed by atoms with van der Waals surface area (Å²) < 4.78 is 14.1. The minimum absolute atomic E-state index is 0.0450. The molecule has 2 fully saturated rings. The van der Waals surface area contributed by atoms with Gasteiger partial charge in [0.25, 0.3) is 0 Å². The van der Waals surface area contributed by atoms with Gasteiger partial charge >= 0.3 is 5.69 Å². The van der Waals surface area contributed by atoms with Gasteiger partial charge in [0.2, 0.25) is 11.6 Å². The predicted octanol–water partition coefficient (Wildman–Crippen LogP) is 1.60. The third-order valence-corrected chi connectivity index (χ3v) is 5.54. The molecule has 0 atom stereocenters. The highest BCUT2D eigenvalue weighted by Crippen LogP contribution is 2.35. The Labute approximate surface area is 168 Å². The molecule has 2 saturated heterocycles. The number of halogens is 1. The molecule has 2 aromatic rings. The van der Waals surface area contributed by atoms with Crippen LogP contribution < -0.4 is 14.7 Å². The number of rotatable bonds is 4. The van der Waals surface area contributed by atoms with Gasteiger partial charge in [-0.15, -0.1) is 0 Å². The lowest BCUT2D eigenvalue weighted by Crippen LogP contribution is -2.48. The van der Waals surface area contributed by atoms with Gasteiger partial charge in [-0.2, -0.15) is 0 Å². The van der Waals surface area contributed by atoms with Crippen LogP contribution in [0.3, 0.4) is 0 Å². The molecule has 1 aromatic carbocycles. The molecule has 9 nitrogen and oxygen atoms in total. The molecule has 0 aliphatic carbocycles. The van der Waals surface area contributed by atoms with E-state index in [-0.39, 0.29) is 16.4 Å². The van der Waals surface area contributed by atoms with Crippen LogP contribution in [0, 0.1) is 15.9 Å². The molecule has 10 heteroatoms. The Morgan fingerprint density at radius 2 is 1.41 bits per heavy atom. The summed E-state index contributed by atoms with van der Waals surface area (Å²) in [5, 5.41) is 11.9. The normalized spacial score (nSPS) is 18.2. The van der Waals surface area contributed by atoms with Gasteiger partial charge in [-0.05, 0) is 19.2 Å². The van der Waals surface area contributed by atoms with Crippen LogP contribution in [0.4, 0.5) is 27.4 Å². The summed E-state index contributed by atoms with van der Waals surface area (Å²) in [4.78, 5) is 28.0. The van der Waals surface area contributed by atoms with Crippen molar-refractivity contribution in [1.29, 1.82) is 0 Å². The largest absolute Gasteiger partial charge is 0.366 e. The highest BCUT2D eigenvalue weighted by atomic mass is 19.1. The number of aromatic nitrogens is 2. The molecule has 2 aliphatic rings. The lowest BCUT2D eigenvalue weighted by molar-refractivity contribution is -0.383. The van der Waals surface area contributed by atoms with E-state index in [0.29, 0.717) is 56.6 Å². The second kappa shape index (κ2) is 8.16. The molecule has 0 radical (unpaired) electrons. The van der Waals surface area contributed by atoms with E-state index >= 15 is 0 Å². The molecule has 2 aliphatic heterocycles. The Morgan fingerprint density at radius 3 is 1.97 bits per heavy atom. The quantitative estimate of drug-likeness (QED) is 0.565. The van der Waals surface area contributed by atoms with Crippen molar-refractivity contribution in [3.8, 4) is 0 Å². The Bertz CT molecular complexity index is 881. The van der Waals surface area contributed by atoms with Crippen LogP contribution in [-0.2, 0) is 0 Å². The molecule has 0 amide bonds. The highest BCUT2D eigenvalue weighted by molar-refractivity contribution is 5.71. The molecular weight excluding hydrogens is 377 g/mol. The molecule has 0 unspecified atom stereocenters. The van der Waals surface area contributed by atoms with E-state index in [2.05, 4.69) is 14.9 Å². The van der Waals surface area contributed by atoms with Crippen LogP contribution in [-0.4, -0.2) is 79.2 Å². The predicted molar refractivity (Wildman–Crippen MR) is 109 cm³/mol. The summed E-state index contributed by atoms with van der Waals surface area (Å²) in [6.07, 6.45) is 1.40. The first-order valence-corrected chi connectivity index (χ1v) is 9.72. The van der Waals surface area contributed by atoms with Crippen LogP contribution in [0.5, 0.6) is 0 Å². The van der Waals surface area contributed by atoms with Gasteiger partial charge in [-0.25, -0.2) is 14.4 Å². The first-order valence-electron chi connectivity index (χ1n) is 9.72. The lowest BCUT2D eigenvalue weighted by Gasteiger charge is -2.37. The average molecular weight is 401 g/mol. The van der Waals surface area contributed by atoms with Gasteiger partial charge in [-0.1, -0.05) is 12.1 Å². The number of benzene rings is 1. The van der Waals surface area contributed by atoms with Crippen LogP contribution in [0.25, 0.3) is 0 Å². The standard InChI is InChI=1S/C19H24FN7O2/c1-23-6-8-25(9-7-23)18-17(27(28)29)19(22-14-21-18)26-12-10-24(11-13-26)16-5-3-2-4-15(16)20/h2-5,14H,6-13H2,1H3. The topological polar surface area (TPSA) is 81.9 Å². The second-order valence-corrected chi connectivity index (χ2v) is 7.34. The minimum atomic E-state index is -0.383. The maximum absolute atomic E-state index is 14.1. The summed E-state index contributed by atoms with van der Waals surface area (Å²) in [6.45, 7) is 5.21. The molecule has 29 heavy (non-hydrogen) atoms. The van der Waals surface area contributed by atoms with Gasteiger partial charge in [0, 0.05) is 52.4 Å². The lowest BCUT2D eigenvalue weighted by atomic mass is 10.2. The minimum Gasteiger partial charge on any atom is -0.366 e. The van der Waals surface area contributed by atoms with Crippen LogP contribution in [0.1, 0.15) is 0 Å². The molecule has 4 rings (SSSR count). The zero-order valence-electron chi connectivity index (χ0n) is 16.4. The second-order valence-electron chi connectivity index (χ2n) is 7.34. The van der Waals surface area contributed by atoms with E-state index in [1.165, 1.54) is 12.4 Å². The van der Waals surface area contributed by atoms with Crippen molar-refractivity contribution in [1.82, 2.24) is 14.9 Å². The van der Waals surface area contributed by atoms with Gasteiger partial charge in [0.15, 0.2) is 0 Å². The number of hydrogen-bond donors (Lipinski definition) is 0. The fourth-order valence-electron chi connectivity index (χ4n) is 3.87. The number of para-hydroxylation sites is 1. The summed E-state index contributed by atoms with van der Waals surface area (Å²) in [7, 11) is 2.03. The highest BCUT2D eigenvalue weighted by Gasteiger charge is 2.32. The van der Waals surface area contributed by atoms with E-state index in [0.717, 1.165) is 13.1 Å². The average Bonchev–Trinajstić information content (AvgIpc) is 2.74. The molecule has 0 saturated carbocycles. The number of likely N-dealkylation sites (N-methyl/N-ethyl adjacent to an activating group) is 1. The van der Waals surface area contributed by atoms with Crippen molar-refractivity contribution >= 4 is 23.0 Å². The molecule has 0 bridgehead atoms.